The summed E-state index contributed by atoms with van der Waals surface area (Å²) in [5, 5.41) is 5.36. The number of sulfonamides is 1. The Bertz CT molecular complexity index is 570. The maximum atomic E-state index is 12.4. The van der Waals surface area contributed by atoms with E-state index in [-0.39, 0.29) is 5.54 Å². The third-order valence-corrected chi connectivity index (χ3v) is 7.28. The minimum absolute atomic E-state index is 0.255. The molecule has 0 aliphatic heterocycles. The van der Waals surface area contributed by atoms with E-state index in [2.05, 4.69) is 10.0 Å². The highest BCUT2D eigenvalue weighted by Gasteiger charge is 2.34. The van der Waals surface area contributed by atoms with Gasteiger partial charge in [0.2, 0.25) is 0 Å². The molecule has 112 valence electrons. The first kappa shape index (κ1) is 14.5. The van der Waals surface area contributed by atoms with Crippen LogP contribution >= 0.6 is 11.3 Å². The van der Waals surface area contributed by atoms with Gasteiger partial charge in [0, 0.05) is 18.1 Å². The van der Waals surface area contributed by atoms with Crippen molar-refractivity contribution in [1.82, 2.24) is 10.0 Å². The molecule has 2 fully saturated rings. The first-order valence-electron chi connectivity index (χ1n) is 7.32. The minimum Gasteiger partial charge on any atom is -0.310 e. The molecule has 4 nitrogen and oxygen atoms in total. The van der Waals surface area contributed by atoms with Crippen molar-refractivity contribution in [3.8, 4) is 0 Å². The van der Waals surface area contributed by atoms with Crippen LogP contribution in [0.3, 0.4) is 0 Å². The Labute approximate surface area is 125 Å². The Morgan fingerprint density at radius 1 is 1.35 bits per heavy atom. The van der Waals surface area contributed by atoms with Crippen LogP contribution in [0.15, 0.2) is 15.7 Å². The summed E-state index contributed by atoms with van der Waals surface area (Å²) in [6.45, 7) is 2.79. The van der Waals surface area contributed by atoms with Gasteiger partial charge in [-0.25, -0.2) is 13.1 Å². The van der Waals surface area contributed by atoms with Crippen LogP contribution < -0.4 is 10.0 Å². The van der Waals surface area contributed by atoms with Crippen LogP contribution in [0.5, 0.6) is 0 Å². The molecular formula is C14H22N2O2S2. The lowest BCUT2D eigenvalue weighted by Crippen LogP contribution is -2.43. The van der Waals surface area contributed by atoms with Gasteiger partial charge in [0.1, 0.15) is 4.21 Å². The van der Waals surface area contributed by atoms with Gasteiger partial charge in [-0.15, -0.1) is 11.3 Å². The number of hydrogen-bond donors (Lipinski definition) is 2. The predicted molar refractivity (Wildman–Crippen MR) is 81.4 cm³/mol. The smallest absolute Gasteiger partial charge is 0.250 e. The second kappa shape index (κ2) is 5.40. The van der Waals surface area contributed by atoms with E-state index in [1.165, 1.54) is 24.2 Å². The van der Waals surface area contributed by atoms with Gasteiger partial charge < -0.3 is 5.32 Å². The van der Waals surface area contributed by atoms with E-state index in [0.717, 1.165) is 37.8 Å². The number of hydrogen-bond acceptors (Lipinski definition) is 4. The average molecular weight is 314 g/mol. The van der Waals surface area contributed by atoms with Crippen LogP contribution in [0.1, 0.15) is 51.0 Å². The molecule has 1 aromatic rings. The van der Waals surface area contributed by atoms with Gasteiger partial charge in [0.25, 0.3) is 10.0 Å². The third kappa shape index (κ3) is 3.42. The van der Waals surface area contributed by atoms with E-state index in [9.17, 15) is 8.42 Å². The molecule has 0 amide bonds. The SMILES string of the molecule is CC1(NS(=O)(=O)c2cc(CNC3CC3)cs2)CCCC1. The van der Waals surface area contributed by atoms with E-state index in [1.54, 1.807) is 6.07 Å². The van der Waals surface area contributed by atoms with Crippen molar-refractivity contribution >= 4 is 21.4 Å². The first-order valence-corrected chi connectivity index (χ1v) is 9.68. The van der Waals surface area contributed by atoms with E-state index in [1.807, 2.05) is 12.3 Å². The monoisotopic (exact) mass is 314 g/mol. The Balaban J connectivity index is 1.66. The summed E-state index contributed by atoms with van der Waals surface area (Å²) in [6, 6.07) is 2.45. The summed E-state index contributed by atoms with van der Waals surface area (Å²) in [4.78, 5) is 0. The van der Waals surface area contributed by atoms with Crippen molar-refractivity contribution in [1.29, 1.82) is 0 Å². The second-order valence-electron chi connectivity index (χ2n) is 6.30. The lowest BCUT2D eigenvalue weighted by atomic mass is 10.0. The molecule has 1 aromatic heterocycles. The normalized spacial score (nSPS) is 22.2. The van der Waals surface area contributed by atoms with Crippen molar-refractivity contribution < 1.29 is 8.42 Å². The summed E-state index contributed by atoms with van der Waals surface area (Å²) in [7, 11) is -3.36. The van der Waals surface area contributed by atoms with Crippen molar-refractivity contribution in [2.45, 2.75) is 67.8 Å². The maximum Gasteiger partial charge on any atom is 0.250 e. The number of thiophene rings is 1. The predicted octanol–water partition coefficient (Wildman–Crippen LogP) is 2.61. The lowest BCUT2D eigenvalue weighted by Gasteiger charge is -2.24. The molecule has 0 saturated heterocycles. The van der Waals surface area contributed by atoms with Crippen LogP contribution in [-0.4, -0.2) is 20.0 Å². The van der Waals surface area contributed by atoms with Crippen molar-refractivity contribution in [3.63, 3.8) is 0 Å². The van der Waals surface area contributed by atoms with E-state index in [4.69, 9.17) is 0 Å². The van der Waals surface area contributed by atoms with Gasteiger partial charge >= 0.3 is 0 Å². The fourth-order valence-electron chi connectivity index (χ4n) is 2.77. The zero-order chi connectivity index (χ0) is 14.2. The van der Waals surface area contributed by atoms with Crippen LogP contribution in [-0.2, 0) is 16.6 Å². The van der Waals surface area contributed by atoms with Crippen LogP contribution in [0.25, 0.3) is 0 Å². The molecule has 2 aliphatic rings. The van der Waals surface area contributed by atoms with Crippen LogP contribution in [0, 0.1) is 0 Å². The van der Waals surface area contributed by atoms with Gasteiger partial charge in [-0.3, -0.25) is 0 Å². The molecule has 2 aliphatic carbocycles. The molecular weight excluding hydrogens is 292 g/mol. The van der Waals surface area contributed by atoms with Crippen LogP contribution in [0.4, 0.5) is 0 Å². The highest BCUT2D eigenvalue weighted by molar-refractivity contribution is 7.91. The number of nitrogens with one attached hydrogen (secondary N) is 2. The fourth-order valence-corrected chi connectivity index (χ4v) is 5.44. The fraction of sp³-hybridized carbons (Fsp3) is 0.714. The van der Waals surface area contributed by atoms with E-state index >= 15 is 0 Å². The molecule has 0 radical (unpaired) electrons. The number of rotatable bonds is 6. The second-order valence-corrected chi connectivity index (χ2v) is 9.12. The molecule has 0 aromatic carbocycles. The molecule has 6 heteroatoms. The Kier molecular flexibility index (Phi) is 3.92. The molecule has 0 unspecified atom stereocenters. The zero-order valence-electron chi connectivity index (χ0n) is 11.8. The molecule has 3 rings (SSSR count). The highest BCUT2D eigenvalue weighted by Crippen LogP contribution is 2.31. The largest absolute Gasteiger partial charge is 0.310 e. The average Bonchev–Trinajstić information content (AvgIpc) is 2.90. The minimum atomic E-state index is -3.36. The van der Waals surface area contributed by atoms with Gasteiger partial charge in [0.05, 0.1) is 0 Å². The van der Waals surface area contributed by atoms with Crippen molar-refractivity contribution in [3.05, 3.63) is 17.0 Å². The summed E-state index contributed by atoms with van der Waals surface area (Å²) < 4.78 is 28.2. The lowest BCUT2D eigenvalue weighted by molar-refractivity contribution is 0.428. The molecule has 2 saturated carbocycles. The quantitative estimate of drug-likeness (QED) is 0.848. The van der Waals surface area contributed by atoms with Gasteiger partial charge in [-0.2, -0.15) is 0 Å². The summed E-state index contributed by atoms with van der Waals surface area (Å²) in [5.41, 5.74) is 0.814. The highest BCUT2D eigenvalue weighted by atomic mass is 32.2. The van der Waals surface area contributed by atoms with E-state index < -0.39 is 10.0 Å². The molecule has 0 spiro atoms. The summed E-state index contributed by atoms with van der Waals surface area (Å²) in [6.07, 6.45) is 6.59. The third-order valence-electron chi connectivity index (χ3n) is 4.15. The zero-order valence-corrected chi connectivity index (χ0v) is 13.4. The Morgan fingerprint density at radius 2 is 2.05 bits per heavy atom. The summed E-state index contributed by atoms with van der Waals surface area (Å²) in [5.74, 6) is 0. The molecule has 0 atom stereocenters. The van der Waals surface area contributed by atoms with Crippen molar-refractivity contribution in [2.24, 2.45) is 0 Å². The van der Waals surface area contributed by atoms with E-state index in [0.29, 0.717) is 10.3 Å². The van der Waals surface area contributed by atoms with Gasteiger partial charge in [-0.1, -0.05) is 12.8 Å². The molecule has 2 N–H and O–H groups in total. The first-order chi connectivity index (χ1) is 9.47. The Morgan fingerprint density at radius 3 is 2.70 bits per heavy atom. The van der Waals surface area contributed by atoms with Crippen LogP contribution in [0.2, 0.25) is 0 Å². The molecule has 0 bridgehead atoms. The maximum absolute atomic E-state index is 12.4. The van der Waals surface area contributed by atoms with Gasteiger partial charge in [-0.05, 0) is 49.6 Å². The van der Waals surface area contributed by atoms with Gasteiger partial charge in [0.15, 0.2) is 0 Å². The summed E-state index contributed by atoms with van der Waals surface area (Å²) >= 11 is 1.32. The standard InChI is InChI=1S/C14H22N2O2S2/c1-14(6-2-3-7-14)16-20(17,18)13-8-11(10-19-13)9-15-12-4-5-12/h8,10,12,15-16H,2-7,9H2,1H3. The topological polar surface area (TPSA) is 58.2 Å². The van der Waals surface area contributed by atoms with Crippen molar-refractivity contribution in [2.75, 3.05) is 0 Å². The molecule has 20 heavy (non-hydrogen) atoms. The Hall–Kier alpha value is -0.430. The molecule has 1 heterocycles.